The van der Waals surface area contributed by atoms with Crippen molar-refractivity contribution in [2.24, 2.45) is 0 Å². The molecule has 2 rings (SSSR count). The van der Waals surface area contributed by atoms with E-state index in [0.29, 0.717) is 23.6 Å². The molecule has 0 unspecified atom stereocenters. The summed E-state index contributed by atoms with van der Waals surface area (Å²) in [5.74, 6) is 0.454. The van der Waals surface area contributed by atoms with E-state index in [2.05, 4.69) is 5.10 Å². The number of hydrogen-bond donors (Lipinski definition) is 0. The molecule has 0 radical (unpaired) electrons. The van der Waals surface area contributed by atoms with Crippen LogP contribution >= 0.6 is 11.6 Å². The molecule has 0 spiro atoms. The Kier molecular flexibility index (Phi) is 5.31. The first-order valence-corrected chi connectivity index (χ1v) is 7.77. The van der Waals surface area contributed by atoms with Gasteiger partial charge in [0.1, 0.15) is 16.9 Å². The van der Waals surface area contributed by atoms with Crippen LogP contribution in [0.15, 0.2) is 24.5 Å². The molecule has 6 heteroatoms. The van der Waals surface area contributed by atoms with E-state index in [1.165, 1.54) is 0 Å². The molecular weight excluding hydrogens is 316 g/mol. The third kappa shape index (κ3) is 4.73. The number of nitrogens with zero attached hydrogens (tertiary/aromatic N) is 2. The van der Waals surface area contributed by atoms with Crippen LogP contribution in [-0.4, -0.2) is 28.3 Å². The minimum absolute atomic E-state index is 0.200. The van der Waals surface area contributed by atoms with Gasteiger partial charge < -0.3 is 9.47 Å². The Morgan fingerprint density at radius 1 is 1.43 bits per heavy atom. The summed E-state index contributed by atoms with van der Waals surface area (Å²) in [6.07, 6.45) is 8.23. The van der Waals surface area contributed by atoms with Crippen molar-refractivity contribution in [2.45, 2.75) is 39.2 Å². The number of rotatable bonds is 5. The first-order chi connectivity index (χ1) is 10.8. The molecule has 0 aliphatic rings. The minimum atomic E-state index is -0.446. The van der Waals surface area contributed by atoms with E-state index < -0.39 is 5.60 Å². The van der Waals surface area contributed by atoms with Gasteiger partial charge in [-0.3, -0.25) is 4.79 Å². The number of carbonyl (C=O) groups is 1. The van der Waals surface area contributed by atoms with Gasteiger partial charge in [0, 0.05) is 12.6 Å². The lowest BCUT2D eigenvalue weighted by molar-refractivity contribution is -0.154. The van der Waals surface area contributed by atoms with Gasteiger partial charge >= 0.3 is 5.97 Å². The highest BCUT2D eigenvalue weighted by Crippen LogP contribution is 2.28. The molecule has 0 aromatic carbocycles. The quantitative estimate of drug-likeness (QED) is 0.770. The second kappa shape index (κ2) is 7.04. The molecule has 2 heterocycles. The van der Waals surface area contributed by atoms with E-state index >= 15 is 0 Å². The van der Waals surface area contributed by atoms with Crippen LogP contribution in [0.3, 0.4) is 0 Å². The van der Waals surface area contributed by atoms with Crippen LogP contribution in [0, 0.1) is 0 Å². The number of pyridine rings is 1. The third-order valence-corrected chi connectivity index (χ3v) is 3.30. The standard InChI is InChI=1S/C17H21ClN2O3/c1-17(2,3)23-15(21)8-6-5-7-12-9-14(22-4)16-13(18)10-19-20(16)11-12/h5,7,9-11H,6,8H2,1-4H3/b7-5+. The smallest absolute Gasteiger partial charge is 0.306 e. The Morgan fingerprint density at radius 3 is 2.83 bits per heavy atom. The van der Waals surface area contributed by atoms with E-state index in [-0.39, 0.29) is 5.97 Å². The largest absolute Gasteiger partial charge is 0.494 e. The van der Waals surface area contributed by atoms with Crippen molar-refractivity contribution in [1.29, 1.82) is 0 Å². The Morgan fingerprint density at radius 2 is 2.17 bits per heavy atom. The lowest BCUT2D eigenvalue weighted by atomic mass is 10.2. The highest BCUT2D eigenvalue weighted by Gasteiger charge is 2.15. The van der Waals surface area contributed by atoms with Gasteiger partial charge in [-0.15, -0.1) is 0 Å². The second-order valence-electron chi connectivity index (χ2n) is 6.15. The predicted octanol–water partition coefficient (Wildman–Crippen LogP) is 4.13. The number of allylic oxidation sites excluding steroid dienone is 1. The van der Waals surface area contributed by atoms with E-state index in [1.807, 2.05) is 45.2 Å². The molecular formula is C17H21ClN2O3. The SMILES string of the molecule is COc1cc(/C=C/CCC(=O)OC(C)(C)C)cn2ncc(Cl)c12. The summed E-state index contributed by atoms with van der Waals surface area (Å²) in [6, 6.07) is 1.88. The van der Waals surface area contributed by atoms with Gasteiger partial charge in [0.05, 0.1) is 18.3 Å². The van der Waals surface area contributed by atoms with Crippen LogP contribution in [0.2, 0.25) is 5.02 Å². The summed E-state index contributed by atoms with van der Waals surface area (Å²) in [5.41, 5.74) is 1.21. The fourth-order valence-electron chi connectivity index (χ4n) is 2.13. The van der Waals surface area contributed by atoms with Gasteiger partial charge in [-0.2, -0.15) is 5.10 Å². The first kappa shape index (κ1) is 17.3. The zero-order chi connectivity index (χ0) is 17.0. The van der Waals surface area contributed by atoms with E-state index in [1.54, 1.807) is 17.8 Å². The number of methoxy groups -OCH3 is 1. The van der Waals surface area contributed by atoms with Crippen molar-refractivity contribution in [2.75, 3.05) is 7.11 Å². The van der Waals surface area contributed by atoms with Crippen LogP contribution in [0.5, 0.6) is 5.75 Å². The lowest BCUT2D eigenvalue weighted by Crippen LogP contribution is -2.23. The summed E-state index contributed by atoms with van der Waals surface area (Å²) in [4.78, 5) is 11.6. The Bertz CT molecular complexity index is 729. The van der Waals surface area contributed by atoms with Crippen molar-refractivity contribution in [3.05, 3.63) is 35.1 Å². The van der Waals surface area contributed by atoms with Crippen LogP contribution in [0.25, 0.3) is 11.6 Å². The number of esters is 1. The van der Waals surface area contributed by atoms with Crippen molar-refractivity contribution in [1.82, 2.24) is 9.61 Å². The van der Waals surface area contributed by atoms with Crippen LogP contribution in [0.4, 0.5) is 0 Å². The molecule has 0 fully saturated rings. The van der Waals surface area contributed by atoms with Crippen LogP contribution < -0.4 is 4.74 Å². The Hall–Kier alpha value is -2.01. The highest BCUT2D eigenvalue weighted by molar-refractivity contribution is 6.34. The zero-order valence-corrected chi connectivity index (χ0v) is 14.6. The molecule has 124 valence electrons. The fraction of sp³-hybridized carbons (Fsp3) is 0.412. The van der Waals surface area contributed by atoms with Crippen LogP contribution in [0.1, 0.15) is 39.2 Å². The Balaban J connectivity index is 2.03. The maximum atomic E-state index is 11.6. The molecule has 23 heavy (non-hydrogen) atoms. The summed E-state index contributed by atoms with van der Waals surface area (Å²) in [7, 11) is 1.59. The molecule has 0 saturated carbocycles. The molecule has 0 N–H and O–H groups in total. The average molecular weight is 337 g/mol. The molecule has 0 aliphatic heterocycles. The summed E-state index contributed by atoms with van der Waals surface area (Å²) < 4.78 is 12.3. The number of carbonyl (C=O) groups excluding carboxylic acids is 1. The van der Waals surface area contributed by atoms with Gasteiger partial charge in [-0.25, -0.2) is 4.52 Å². The number of aromatic nitrogens is 2. The van der Waals surface area contributed by atoms with E-state index in [4.69, 9.17) is 21.1 Å². The maximum absolute atomic E-state index is 11.6. The van der Waals surface area contributed by atoms with E-state index in [9.17, 15) is 4.79 Å². The number of fused-ring (bicyclic) bond motifs is 1. The Labute approximate surface area is 140 Å². The zero-order valence-electron chi connectivity index (χ0n) is 13.8. The number of halogens is 1. The van der Waals surface area contributed by atoms with Crippen molar-refractivity contribution >= 4 is 29.2 Å². The normalized spacial score (nSPS) is 12.0. The predicted molar refractivity (Wildman–Crippen MR) is 90.9 cm³/mol. The second-order valence-corrected chi connectivity index (χ2v) is 6.56. The molecule has 0 aliphatic carbocycles. The maximum Gasteiger partial charge on any atom is 0.306 e. The number of hydrogen-bond acceptors (Lipinski definition) is 4. The molecule has 0 atom stereocenters. The van der Waals surface area contributed by atoms with Crippen LogP contribution in [-0.2, 0) is 9.53 Å². The molecule has 2 aromatic heterocycles. The molecule has 0 bridgehead atoms. The van der Waals surface area contributed by atoms with E-state index in [0.717, 1.165) is 11.1 Å². The molecule has 0 amide bonds. The highest BCUT2D eigenvalue weighted by atomic mass is 35.5. The van der Waals surface area contributed by atoms with Gasteiger partial charge in [0.25, 0.3) is 0 Å². The third-order valence-electron chi connectivity index (χ3n) is 3.02. The lowest BCUT2D eigenvalue weighted by Gasteiger charge is -2.19. The number of ether oxygens (including phenoxy) is 2. The summed E-state index contributed by atoms with van der Waals surface area (Å²) >= 11 is 6.09. The molecule has 0 saturated heterocycles. The summed E-state index contributed by atoms with van der Waals surface area (Å²) in [5, 5.41) is 4.72. The monoisotopic (exact) mass is 336 g/mol. The topological polar surface area (TPSA) is 52.8 Å². The van der Waals surface area contributed by atoms with Gasteiger partial charge in [-0.1, -0.05) is 23.8 Å². The van der Waals surface area contributed by atoms with Gasteiger partial charge in [-0.05, 0) is 38.8 Å². The average Bonchev–Trinajstić information content (AvgIpc) is 2.82. The van der Waals surface area contributed by atoms with Crippen molar-refractivity contribution < 1.29 is 14.3 Å². The summed E-state index contributed by atoms with van der Waals surface area (Å²) in [6.45, 7) is 5.58. The first-order valence-electron chi connectivity index (χ1n) is 7.39. The minimum Gasteiger partial charge on any atom is -0.494 e. The van der Waals surface area contributed by atoms with Crippen molar-refractivity contribution in [3.8, 4) is 5.75 Å². The van der Waals surface area contributed by atoms with Crippen molar-refractivity contribution in [3.63, 3.8) is 0 Å². The molecule has 2 aromatic rings. The van der Waals surface area contributed by atoms with Gasteiger partial charge in [0.2, 0.25) is 0 Å². The van der Waals surface area contributed by atoms with Gasteiger partial charge in [0.15, 0.2) is 0 Å². The fourth-order valence-corrected chi connectivity index (χ4v) is 2.35. The molecule has 5 nitrogen and oxygen atoms in total.